The van der Waals surface area contributed by atoms with Crippen LogP contribution in [0.3, 0.4) is 0 Å². The van der Waals surface area contributed by atoms with Gasteiger partial charge in [-0.3, -0.25) is 4.90 Å². The normalized spacial score (nSPS) is 17.3. The minimum absolute atomic E-state index is 0.569. The molecule has 4 heterocycles. The lowest BCUT2D eigenvalue weighted by Crippen LogP contribution is -2.37. The van der Waals surface area contributed by atoms with Crippen molar-refractivity contribution in [1.29, 1.82) is 0 Å². The third kappa shape index (κ3) is 4.62. The van der Waals surface area contributed by atoms with Crippen molar-refractivity contribution in [2.45, 2.75) is 19.4 Å². The van der Waals surface area contributed by atoms with Gasteiger partial charge < -0.3 is 5.32 Å². The Morgan fingerprint density at radius 3 is 3.03 bits per heavy atom. The van der Waals surface area contributed by atoms with Crippen molar-refractivity contribution in [3.63, 3.8) is 0 Å². The van der Waals surface area contributed by atoms with Crippen molar-refractivity contribution in [1.82, 2.24) is 24.5 Å². The predicted molar refractivity (Wildman–Crippen MR) is 130 cm³/mol. The Kier molecular flexibility index (Phi) is 6.22. The lowest BCUT2D eigenvalue weighted by Gasteiger charge is -2.32. The van der Waals surface area contributed by atoms with Crippen LogP contribution in [-0.2, 0) is 6.54 Å². The lowest BCUT2D eigenvalue weighted by molar-refractivity contribution is 0.173. The molecule has 1 unspecified atom stereocenters. The molecule has 9 heteroatoms. The van der Waals surface area contributed by atoms with Gasteiger partial charge in [0.1, 0.15) is 10.8 Å². The summed E-state index contributed by atoms with van der Waals surface area (Å²) < 4.78 is 2.71. The van der Waals surface area contributed by atoms with E-state index >= 15 is 0 Å². The van der Waals surface area contributed by atoms with Crippen molar-refractivity contribution >= 4 is 50.3 Å². The van der Waals surface area contributed by atoms with Crippen LogP contribution < -0.4 is 5.32 Å². The summed E-state index contributed by atoms with van der Waals surface area (Å²) in [4.78, 5) is 11.7. The van der Waals surface area contributed by atoms with Crippen molar-refractivity contribution in [2.75, 3.05) is 25.0 Å². The monoisotopic (exact) mass is 516 g/mol. The molecule has 1 atom stereocenters. The van der Waals surface area contributed by atoms with E-state index in [-0.39, 0.29) is 0 Å². The van der Waals surface area contributed by atoms with Gasteiger partial charge in [0.2, 0.25) is 0 Å². The number of benzene rings is 1. The molecule has 0 bridgehead atoms. The lowest BCUT2D eigenvalue weighted by atomic mass is 9.98. The summed E-state index contributed by atoms with van der Waals surface area (Å²) in [6.07, 6.45) is 6.09. The number of hydrogen-bond donors (Lipinski definition) is 1. The predicted octanol–water partition coefficient (Wildman–Crippen LogP) is 5.59. The first-order valence-corrected chi connectivity index (χ1v) is 12.4. The molecule has 5 rings (SSSR count). The van der Waals surface area contributed by atoms with E-state index in [1.54, 1.807) is 17.5 Å². The molecule has 6 nitrogen and oxygen atoms in total. The first kappa shape index (κ1) is 20.9. The molecule has 1 aliphatic heterocycles. The number of rotatable bonds is 6. The fraction of sp³-hybridized carbons (Fsp3) is 0.318. The highest BCUT2D eigenvalue weighted by atomic mass is 79.9. The fourth-order valence-electron chi connectivity index (χ4n) is 4.10. The Labute approximate surface area is 198 Å². The maximum atomic E-state index is 6.44. The van der Waals surface area contributed by atoms with E-state index < -0.39 is 0 Å². The number of aromatic nitrogens is 4. The molecule has 0 amide bonds. The second-order valence-corrected chi connectivity index (χ2v) is 10.0. The Morgan fingerprint density at radius 1 is 1.29 bits per heavy atom. The van der Waals surface area contributed by atoms with E-state index in [1.807, 2.05) is 46.4 Å². The molecule has 1 N–H and O–H groups in total. The zero-order valence-electron chi connectivity index (χ0n) is 16.8. The van der Waals surface area contributed by atoms with Gasteiger partial charge in [0.05, 0.1) is 22.9 Å². The Balaban J connectivity index is 1.35. The topological polar surface area (TPSA) is 58.4 Å². The number of nitrogens with one attached hydrogen (secondary N) is 1. The first-order valence-electron chi connectivity index (χ1n) is 10.3. The molecule has 1 aromatic carbocycles. The second-order valence-electron chi connectivity index (χ2n) is 7.78. The summed E-state index contributed by atoms with van der Waals surface area (Å²) >= 11 is 11.7. The number of likely N-dealkylation sites (tertiary alicyclic amines) is 1. The number of anilines is 1. The van der Waals surface area contributed by atoms with Crippen LogP contribution in [0.25, 0.3) is 16.9 Å². The Hall–Kier alpha value is -2.00. The summed E-state index contributed by atoms with van der Waals surface area (Å²) in [7, 11) is 0. The van der Waals surface area contributed by atoms with Crippen molar-refractivity contribution < 1.29 is 0 Å². The highest BCUT2D eigenvalue weighted by Crippen LogP contribution is 2.30. The Bertz CT molecular complexity index is 1180. The van der Waals surface area contributed by atoms with Crippen LogP contribution in [0.15, 0.2) is 52.6 Å². The molecule has 1 fully saturated rings. The van der Waals surface area contributed by atoms with E-state index in [0.717, 1.165) is 53.4 Å². The zero-order chi connectivity index (χ0) is 21.2. The van der Waals surface area contributed by atoms with Crippen LogP contribution in [0.4, 0.5) is 5.82 Å². The van der Waals surface area contributed by atoms with Crippen LogP contribution in [0, 0.1) is 5.92 Å². The third-order valence-corrected chi connectivity index (χ3v) is 7.25. The van der Waals surface area contributed by atoms with Crippen LogP contribution in [0.5, 0.6) is 0 Å². The smallest absolute Gasteiger partial charge is 0.172 e. The van der Waals surface area contributed by atoms with Crippen molar-refractivity contribution in [3.05, 3.63) is 62.6 Å². The van der Waals surface area contributed by atoms with E-state index in [9.17, 15) is 0 Å². The second kappa shape index (κ2) is 9.24. The van der Waals surface area contributed by atoms with Crippen LogP contribution in [-0.4, -0.2) is 44.1 Å². The molecule has 160 valence electrons. The van der Waals surface area contributed by atoms with Crippen molar-refractivity contribution in [3.8, 4) is 11.3 Å². The molecule has 1 saturated heterocycles. The summed E-state index contributed by atoms with van der Waals surface area (Å²) in [5, 5.41) is 12.1. The number of hydrogen-bond acceptors (Lipinski definition) is 6. The molecule has 0 radical (unpaired) electrons. The molecule has 0 saturated carbocycles. The molecule has 0 spiro atoms. The van der Waals surface area contributed by atoms with Gasteiger partial charge in [-0.2, -0.15) is 9.61 Å². The molecule has 0 aliphatic carbocycles. The van der Waals surface area contributed by atoms with Crippen LogP contribution in [0.1, 0.15) is 17.8 Å². The summed E-state index contributed by atoms with van der Waals surface area (Å²) in [6, 6.07) is 9.82. The van der Waals surface area contributed by atoms with E-state index in [4.69, 9.17) is 16.6 Å². The van der Waals surface area contributed by atoms with Gasteiger partial charge >= 0.3 is 0 Å². The highest BCUT2D eigenvalue weighted by Gasteiger charge is 2.21. The number of fused-ring (bicyclic) bond motifs is 1. The highest BCUT2D eigenvalue weighted by molar-refractivity contribution is 9.10. The van der Waals surface area contributed by atoms with Crippen molar-refractivity contribution in [2.24, 2.45) is 5.92 Å². The Morgan fingerprint density at radius 2 is 2.19 bits per heavy atom. The molecule has 3 aromatic heterocycles. The first-order chi connectivity index (χ1) is 15.2. The number of nitrogens with zero attached hydrogens (tertiary/aromatic N) is 5. The van der Waals surface area contributed by atoms with Gasteiger partial charge in [0.15, 0.2) is 5.65 Å². The molecule has 4 aromatic rings. The summed E-state index contributed by atoms with van der Waals surface area (Å²) in [5.74, 6) is 1.49. The SMILES string of the molecule is Clc1ccccc1-c1cc(NCC2CCCN(Cc3nccs3)C2)n2ncc(Br)c2n1. The minimum atomic E-state index is 0.569. The maximum Gasteiger partial charge on any atom is 0.172 e. The molecule has 1 aliphatic rings. The van der Waals surface area contributed by atoms with Gasteiger partial charge in [0, 0.05) is 41.3 Å². The number of halogens is 2. The van der Waals surface area contributed by atoms with Gasteiger partial charge in [-0.25, -0.2) is 9.97 Å². The number of thiazole rings is 1. The quantitative estimate of drug-likeness (QED) is 0.361. The van der Waals surface area contributed by atoms with E-state index in [2.05, 4.69) is 36.2 Å². The average Bonchev–Trinajstić information content (AvgIpc) is 3.43. The summed E-state index contributed by atoms with van der Waals surface area (Å²) in [5.41, 5.74) is 2.51. The van der Waals surface area contributed by atoms with Gasteiger partial charge in [-0.1, -0.05) is 29.8 Å². The third-order valence-electron chi connectivity index (χ3n) is 5.60. The molecular weight excluding hydrogens is 496 g/mol. The van der Waals surface area contributed by atoms with Gasteiger partial charge in [-0.15, -0.1) is 11.3 Å². The average molecular weight is 518 g/mol. The largest absolute Gasteiger partial charge is 0.370 e. The fourth-order valence-corrected chi connectivity index (χ4v) is 5.34. The zero-order valence-corrected chi connectivity index (χ0v) is 20.0. The molecular formula is C22H22BrClN6S. The standard InChI is InChI=1S/C22H22BrClN6S/c23-17-12-27-30-20(10-19(28-22(17)30)16-5-1-2-6-18(16)24)26-11-15-4-3-8-29(13-15)14-21-25-7-9-31-21/h1-2,5-7,9-10,12,15,26H,3-4,8,11,13-14H2. The van der Waals surface area contributed by atoms with Crippen LogP contribution in [0.2, 0.25) is 5.02 Å². The van der Waals surface area contributed by atoms with Crippen LogP contribution >= 0.6 is 38.9 Å². The summed E-state index contributed by atoms with van der Waals surface area (Å²) in [6.45, 7) is 4.03. The maximum absolute atomic E-state index is 6.44. The number of piperidine rings is 1. The van der Waals surface area contributed by atoms with Gasteiger partial charge in [0.25, 0.3) is 0 Å². The van der Waals surface area contributed by atoms with Gasteiger partial charge in [-0.05, 0) is 47.3 Å². The van der Waals surface area contributed by atoms with E-state index in [0.29, 0.717) is 10.9 Å². The minimum Gasteiger partial charge on any atom is -0.370 e. The van der Waals surface area contributed by atoms with E-state index in [1.165, 1.54) is 17.8 Å². The molecule has 31 heavy (non-hydrogen) atoms.